The second-order valence-electron chi connectivity index (χ2n) is 5.28. The number of rotatable bonds is 6. The summed E-state index contributed by atoms with van der Waals surface area (Å²) in [5, 5.41) is -0.253. The van der Waals surface area contributed by atoms with Crippen LogP contribution in [-0.2, 0) is 10.0 Å². The molecule has 2 rings (SSSR count). The van der Waals surface area contributed by atoms with Gasteiger partial charge in [-0.2, -0.15) is 0 Å². The van der Waals surface area contributed by atoms with Crippen molar-refractivity contribution in [2.75, 3.05) is 11.3 Å². The average Bonchev–Trinajstić information content (AvgIpc) is 2.46. The van der Waals surface area contributed by atoms with Crippen molar-refractivity contribution >= 4 is 15.7 Å². The summed E-state index contributed by atoms with van der Waals surface area (Å²) in [4.78, 5) is 0. The molecule has 5 heteroatoms. The van der Waals surface area contributed by atoms with Crippen LogP contribution in [0.25, 0.3) is 0 Å². The average molecular weight is 297 g/mol. The zero-order chi connectivity index (χ0) is 14.4. The largest absolute Gasteiger partial charge is 0.494 e. The number of anilines is 1. The molecule has 112 valence electrons. The van der Waals surface area contributed by atoms with Crippen molar-refractivity contribution in [2.45, 2.75) is 50.7 Å². The molecule has 0 aliphatic heterocycles. The quantitative estimate of drug-likeness (QED) is 0.873. The first-order valence-corrected chi connectivity index (χ1v) is 8.91. The summed E-state index contributed by atoms with van der Waals surface area (Å²) in [6, 6.07) is 7.16. The van der Waals surface area contributed by atoms with E-state index >= 15 is 0 Å². The van der Waals surface area contributed by atoms with E-state index in [4.69, 9.17) is 4.74 Å². The predicted molar refractivity (Wildman–Crippen MR) is 81.6 cm³/mol. The van der Waals surface area contributed by atoms with E-state index in [1.54, 1.807) is 12.1 Å². The number of nitrogens with one attached hydrogen (secondary N) is 1. The maximum Gasteiger partial charge on any atom is 0.235 e. The molecule has 0 unspecified atom stereocenters. The van der Waals surface area contributed by atoms with Crippen LogP contribution in [0.3, 0.4) is 0 Å². The first-order chi connectivity index (χ1) is 9.62. The van der Waals surface area contributed by atoms with Crippen molar-refractivity contribution in [3.63, 3.8) is 0 Å². The van der Waals surface area contributed by atoms with Gasteiger partial charge in [0.05, 0.1) is 17.5 Å². The van der Waals surface area contributed by atoms with Crippen LogP contribution in [0.15, 0.2) is 24.3 Å². The molecule has 1 aliphatic rings. The lowest BCUT2D eigenvalue weighted by atomic mass is 10.0. The highest BCUT2D eigenvalue weighted by Crippen LogP contribution is 2.26. The van der Waals surface area contributed by atoms with Crippen LogP contribution in [0.4, 0.5) is 5.69 Å². The van der Waals surface area contributed by atoms with Gasteiger partial charge in [-0.15, -0.1) is 0 Å². The maximum atomic E-state index is 12.3. The predicted octanol–water partition coefficient (Wildman–Crippen LogP) is 3.55. The van der Waals surface area contributed by atoms with Crippen LogP contribution >= 0.6 is 0 Å². The summed E-state index contributed by atoms with van der Waals surface area (Å²) >= 11 is 0. The van der Waals surface area contributed by atoms with Gasteiger partial charge in [0.2, 0.25) is 10.0 Å². The highest BCUT2D eigenvalue weighted by atomic mass is 32.2. The van der Waals surface area contributed by atoms with Gasteiger partial charge < -0.3 is 4.74 Å². The van der Waals surface area contributed by atoms with Gasteiger partial charge in [-0.25, -0.2) is 8.42 Å². The summed E-state index contributed by atoms with van der Waals surface area (Å²) < 4.78 is 32.9. The second kappa shape index (κ2) is 6.97. The van der Waals surface area contributed by atoms with Crippen molar-refractivity contribution in [1.82, 2.24) is 0 Å². The van der Waals surface area contributed by atoms with E-state index in [2.05, 4.69) is 4.72 Å². The van der Waals surface area contributed by atoms with Gasteiger partial charge in [0.15, 0.2) is 0 Å². The van der Waals surface area contributed by atoms with Crippen molar-refractivity contribution in [3.8, 4) is 5.75 Å². The summed E-state index contributed by atoms with van der Waals surface area (Å²) in [5.41, 5.74) is 0.587. The van der Waals surface area contributed by atoms with Gasteiger partial charge in [-0.1, -0.05) is 32.3 Å². The van der Waals surface area contributed by atoms with Gasteiger partial charge in [-0.3, -0.25) is 4.72 Å². The second-order valence-corrected chi connectivity index (χ2v) is 7.24. The number of hydrogen-bond acceptors (Lipinski definition) is 3. The van der Waals surface area contributed by atoms with Gasteiger partial charge in [0, 0.05) is 6.07 Å². The molecule has 1 aromatic rings. The molecule has 1 N–H and O–H groups in total. The summed E-state index contributed by atoms with van der Waals surface area (Å²) in [5.74, 6) is 0.704. The fourth-order valence-corrected chi connectivity index (χ4v) is 4.07. The molecule has 1 aromatic carbocycles. The molecular formula is C15H23NO3S. The Labute approximate surface area is 121 Å². The lowest BCUT2D eigenvalue weighted by Gasteiger charge is -2.22. The van der Waals surface area contributed by atoms with Crippen molar-refractivity contribution in [2.24, 2.45) is 0 Å². The number of ether oxygens (including phenoxy) is 1. The summed E-state index contributed by atoms with van der Waals surface area (Å²) in [6.07, 6.45) is 5.61. The molecule has 0 spiro atoms. The third kappa shape index (κ3) is 4.13. The topological polar surface area (TPSA) is 55.4 Å². The summed E-state index contributed by atoms with van der Waals surface area (Å²) in [6.45, 7) is 2.68. The maximum absolute atomic E-state index is 12.3. The Kier molecular flexibility index (Phi) is 5.29. The molecule has 20 heavy (non-hydrogen) atoms. The Balaban J connectivity index is 2.04. The Morgan fingerprint density at radius 2 is 2.00 bits per heavy atom. The molecule has 0 atom stereocenters. The summed E-state index contributed by atoms with van der Waals surface area (Å²) in [7, 11) is -3.28. The van der Waals surface area contributed by atoms with Gasteiger partial charge in [0.25, 0.3) is 0 Å². The fraction of sp³-hybridized carbons (Fsp3) is 0.600. The molecule has 0 radical (unpaired) electrons. The third-order valence-electron chi connectivity index (χ3n) is 3.56. The Morgan fingerprint density at radius 1 is 1.25 bits per heavy atom. The van der Waals surface area contributed by atoms with Crippen LogP contribution in [0, 0.1) is 0 Å². The van der Waals surface area contributed by atoms with Crippen LogP contribution < -0.4 is 9.46 Å². The van der Waals surface area contributed by atoms with E-state index in [1.807, 2.05) is 19.1 Å². The molecule has 0 saturated heterocycles. The first-order valence-electron chi connectivity index (χ1n) is 7.36. The highest BCUT2D eigenvalue weighted by Gasteiger charge is 2.27. The van der Waals surface area contributed by atoms with Crippen molar-refractivity contribution < 1.29 is 13.2 Å². The van der Waals surface area contributed by atoms with Crippen LogP contribution in [-0.4, -0.2) is 20.3 Å². The molecular weight excluding hydrogens is 274 g/mol. The Hall–Kier alpha value is -1.23. The molecule has 0 heterocycles. The molecule has 0 amide bonds. The van der Waals surface area contributed by atoms with E-state index in [9.17, 15) is 8.42 Å². The van der Waals surface area contributed by atoms with Gasteiger partial charge in [0.1, 0.15) is 5.75 Å². The minimum absolute atomic E-state index is 0.253. The normalized spacial score (nSPS) is 16.9. The smallest absolute Gasteiger partial charge is 0.235 e. The molecule has 1 fully saturated rings. The van der Waals surface area contributed by atoms with Crippen LogP contribution in [0.2, 0.25) is 0 Å². The zero-order valence-electron chi connectivity index (χ0n) is 12.0. The van der Waals surface area contributed by atoms with E-state index < -0.39 is 10.0 Å². The SMILES string of the molecule is CCCOc1cccc(NS(=O)(=O)C2CCCCC2)c1. The molecule has 1 aliphatic carbocycles. The van der Waals surface area contributed by atoms with E-state index in [-0.39, 0.29) is 5.25 Å². The fourth-order valence-electron chi connectivity index (χ4n) is 2.49. The van der Waals surface area contributed by atoms with Crippen molar-refractivity contribution in [1.29, 1.82) is 0 Å². The monoisotopic (exact) mass is 297 g/mol. The number of hydrogen-bond donors (Lipinski definition) is 1. The van der Waals surface area contributed by atoms with E-state index in [1.165, 1.54) is 0 Å². The lowest BCUT2D eigenvalue weighted by Crippen LogP contribution is -2.29. The zero-order valence-corrected chi connectivity index (χ0v) is 12.8. The van der Waals surface area contributed by atoms with Crippen LogP contribution in [0.1, 0.15) is 45.4 Å². The highest BCUT2D eigenvalue weighted by molar-refractivity contribution is 7.93. The van der Waals surface area contributed by atoms with E-state index in [0.717, 1.165) is 38.5 Å². The van der Waals surface area contributed by atoms with Crippen molar-refractivity contribution in [3.05, 3.63) is 24.3 Å². The van der Waals surface area contributed by atoms with Gasteiger partial charge >= 0.3 is 0 Å². The first kappa shape index (κ1) is 15.2. The minimum atomic E-state index is -3.28. The Bertz CT molecular complexity index is 522. The third-order valence-corrected chi connectivity index (χ3v) is 5.43. The standard InChI is InChI=1S/C15H23NO3S/c1-2-11-19-14-8-6-7-13(12-14)16-20(17,18)15-9-4-3-5-10-15/h6-8,12,15-16H,2-5,9-11H2,1H3. The molecule has 0 bridgehead atoms. The van der Waals surface area contributed by atoms with E-state index in [0.29, 0.717) is 18.0 Å². The van der Waals surface area contributed by atoms with Gasteiger partial charge in [-0.05, 0) is 31.4 Å². The lowest BCUT2D eigenvalue weighted by molar-refractivity contribution is 0.317. The molecule has 0 aromatic heterocycles. The number of sulfonamides is 1. The Morgan fingerprint density at radius 3 is 2.70 bits per heavy atom. The van der Waals surface area contributed by atoms with Crippen LogP contribution in [0.5, 0.6) is 5.75 Å². The molecule has 1 saturated carbocycles. The molecule has 4 nitrogen and oxygen atoms in total. The minimum Gasteiger partial charge on any atom is -0.494 e. The number of benzene rings is 1.